The molecule has 0 aromatic heterocycles. The first-order valence-corrected chi connectivity index (χ1v) is 4.39. The van der Waals surface area contributed by atoms with Gasteiger partial charge in [0.25, 0.3) is 0 Å². The molecule has 2 saturated heterocycles. The van der Waals surface area contributed by atoms with E-state index in [1.165, 1.54) is 0 Å². The van der Waals surface area contributed by atoms with Crippen LogP contribution in [0, 0.1) is 0 Å². The molecule has 2 aliphatic heterocycles. The van der Waals surface area contributed by atoms with Gasteiger partial charge in [-0.05, 0) is 0 Å². The molecule has 0 radical (unpaired) electrons. The van der Waals surface area contributed by atoms with Gasteiger partial charge >= 0.3 is 0 Å². The molecule has 2 aliphatic rings. The van der Waals surface area contributed by atoms with Gasteiger partial charge in [0.15, 0.2) is 0 Å². The Hall–Kier alpha value is -0.200. The first-order valence-electron chi connectivity index (χ1n) is 4.39. The summed E-state index contributed by atoms with van der Waals surface area (Å²) in [7, 11) is 0. The zero-order valence-corrected chi connectivity index (χ0v) is 7.52. The van der Waals surface area contributed by atoms with E-state index < -0.39 is 0 Å². The number of hydrogen-bond donors (Lipinski definition) is 2. The molecule has 5 heteroatoms. The first-order chi connectivity index (χ1) is 6.36. The molecule has 86 valence electrons. The van der Waals surface area contributed by atoms with Crippen LogP contribution in [0.5, 0.6) is 0 Å². The van der Waals surface area contributed by atoms with Crippen LogP contribution in [0.2, 0.25) is 0 Å². The molecule has 0 aromatic carbocycles. The van der Waals surface area contributed by atoms with Crippen molar-refractivity contribution in [3.05, 3.63) is 0 Å². The molecular formula is C9H20O5. The predicted octanol–water partition coefficient (Wildman–Crippen LogP) is -0.592. The Labute approximate surface area is 84.6 Å². The molecule has 0 aromatic rings. The van der Waals surface area contributed by atoms with Crippen molar-refractivity contribution in [1.82, 2.24) is 0 Å². The zero-order chi connectivity index (χ0) is 9.52. The maximum atomic E-state index is 7.62. The van der Waals surface area contributed by atoms with E-state index in [1.807, 2.05) is 0 Å². The normalized spacial score (nSPS) is 27.0. The average Bonchev–Trinajstić information content (AvgIpc) is 2.98. The second kappa shape index (κ2) is 8.14. The Morgan fingerprint density at radius 3 is 1.57 bits per heavy atom. The minimum atomic E-state index is -0.125. The molecule has 0 saturated carbocycles. The molecule has 2 fully saturated rings. The molecule has 2 atom stereocenters. The standard InChI is InChI=1S/C6H10O3.C2H6O2.CH4/c1(5-3-8-5)7-2-6-4-9-6;3-1-2-4;/h5-6H,1-4H2;3-4H,1-2H2;1H4. The highest BCUT2D eigenvalue weighted by atomic mass is 16.6. The lowest BCUT2D eigenvalue weighted by Crippen LogP contribution is -2.06. The third-order valence-corrected chi connectivity index (χ3v) is 1.51. The molecule has 2 rings (SSSR count). The van der Waals surface area contributed by atoms with Crippen molar-refractivity contribution in [2.45, 2.75) is 19.6 Å². The lowest BCUT2D eigenvalue weighted by atomic mass is 10.5. The molecule has 0 amide bonds. The number of epoxide rings is 2. The summed E-state index contributed by atoms with van der Waals surface area (Å²) >= 11 is 0. The number of aliphatic hydroxyl groups excluding tert-OH is 2. The van der Waals surface area contributed by atoms with Gasteiger partial charge in [-0.1, -0.05) is 7.43 Å². The van der Waals surface area contributed by atoms with Crippen LogP contribution in [0.25, 0.3) is 0 Å². The van der Waals surface area contributed by atoms with Gasteiger partial charge in [-0.2, -0.15) is 0 Å². The maximum Gasteiger partial charge on any atom is 0.104 e. The van der Waals surface area contributed by atoms with E-state index in [-0.39, 0.29) is 20.6 Å². The van der Waals surface area contributed by atoms with Crippen LogP contribution in [0.1, 0.15) is 7.43 Å². The fourth-order valence-corrected chi connectivity index (χ4v) is 0.659. The Morgan fingerprint density at radius 2 is 1.36 bits per heavy atom. The third kappa shape index (κ3) is 8.40. The molecule has 14 heavy (non-hydrogen) atoms. The molecule has 5 nitrogen and oxygen atoms in total. The Kier molecular flexibility index (Phi) is 8.02. The van der Waals surface area contributed by atoms with Crippen molar-refractivity contribution >= 4 is 0 Å². The van der Waals surface area contributed by atoms with Crippen LogP contribution in [0.4, 0.5) is 0 Å². The minimum Gasteiger partial charge on any atom is -0.394 e. The van der Waals surface area contributed by atoms with Crippen LogP contribution in [0.15, 0.2) is 0 Å². The lowest BCUT2D eigenvalue weighted by molar-refractivity contribution is 0.102. The SMILES string of the molecule is C.C(OCC1CO1)C1CO1.OCCO. The van der Waals surface area contributed by atoms with Crippen LogP contribution >= 0.6 is 0 Å². The van der Waals surface area contributed by atoms with Crippen LogP contribution < -0.4 is 0 Å². The minimum absolute atomic E-state index is 0. The summed E-state index contributed by atoms with van der Waals surface area (Å²) in [5.41, 5.74) is 0. The van der Waals surface area contributed by atoms with Gasteiger partial charge in [-0.15, -0.1) is 0 Å². The van der Waals surface area contributed by atoms with E-state index in [1.54, 1.807) is 0 Å². The zero-order valence-electron chi connectivity index (χ0n) is 7.52. The molecule has 2 unspecified atom stereocenters. The van der Waals surface area contributed by atoms with Gasteiger partial charge in [0.2, 0.25) is 0 Å². The van der Waals surface area contributed by atoms with Gasteiger partial charge in [0.1, 0.15) is 12.2 Å². The molecule has 2 N–H and O–H groups in total. The van der Waals surface area contributed by atoms with E-state index in [4.69, 9.17) is 24.4 Å². The highest BCUT2D eigenvalue weighted by Gasteiger charge is 2.26. The summed E-state index contributed by atoms with van der Waals surface area (Å²) in [6.45, 7) is 3.01. The molecule has 0 bridgehead atoms. The van der Waals surface area contributed by atoms with Crippen LogP contribution in [0.3, 0.4) is 0 Å². The largest absolute Gasteiger partial charge is 0.394 e. The van der Waals surface area contributed by atoms with E-state index in [9.17, 15) is 0 Å². The van der Waals surface area contributed by atoms with Crippen molar-refractivity contribution in [1.29, 1.82) is 0 Å². The number of ether oxygens (including phenoxy) is 3. The molecule has 2 heterocycles. The maximum absolute atomic E-state index is 7.62. The third-order valence-electron chi connectivity index (χ3n) is 1.51. The Bertz CT molecular complexity index is 108. The first kappa shape index (κ1) is 13.8. The van der Waals surface area contributed by atoms with Gasteiger partial charge in [-0.3, -0.25) is 0 Å². The fraction of sp³-hybridized carbons (Fsp3) is 1.00. The molecular weight excluding hydrogens is 188 g/mol. The van der Waals surface area contributed by atoms with E-state index in [2.05, 4.69) is 0 Å². The number of hydrogen-bond acceptors (Lipinski definition) is 5. The van der Waals surface area contributed by atoms with Gasteiger partial charge in [-0.25, -0.2) is 0 Å². The quantitative estimate of drug-likeness (QED) is 0.591. The monoisotopic (exact) mass is 208 g/mol. The summed E-state index contributed by atoms with van der Waals surface area (Å²) in [4.78, 5) is 0. The summed E-state index contributed by atoms with van der Waals surface area (Å²) < 4.78 is 15.1. The van der Waals surface area contributed by atoms with Gasteiger partial charge in [0, 0.05) is 0 Å². The van der Waals surface area contributed by atoms with Gasteiger partial charge in [0.05, 0.1) is 39.6 Å². The predicted molar refractivity (Wildman–Crippen MR) is 51.2 cm³/mol. The Morgan fingerprint density at radius 1 is 1.00 bits per heavy atom. The van der Waals surface area contributed by atoms with Crippen molar-refractivity contribution in [3.8, 4) is 0 Å². The summed E-state index contributed by atoms with van der Waals surface area (Å²) in [6, 6.07) is 0. The highest BCUT2D eigenvalue weighted by Crippen LogP contribution is 2.12. The molecule has 0 spiro atoms. The van der Waals surface area contributed by atoms with E-state index >= 15 is 0 Å². The summed E-state index contributed by atoms with van der Waals surface area (Å²) in [5.74, 6) is 0. The number of aliphatic hydroxyl groups is 2. The van der Waals surface area contributed by atoms with Crippen molar-refractivity contribution in [2.75, 3.05) is 39.6 Å². The molecule has 0 aliphatic carbocycles. The second-order valence-electron chi connectivity index (χ2n) is 2.90. The topological polar surface area (TPSA) is 74.8 Å². The lowest BCUT2D eigenvalue weighted by Gasteiger charge is -1.95. The average molecular weight is 208 g/mol. The van der Waals surface area contributed by atoms with Crippen LogP contribution in [-0.2, 0) is 14.2 Å². The van der Waals surface area contributed by atoms with Crippen molar-refractivity contribution < 1.29 is 24.4 Å². The summed E-state index contributed by atoms with van der Waals surface area (Å²) in [6.07, 6.45) is 0.785. The van der Waals surface area contributed by atoms with Gasteiger partial charge < -0.3 is 24.4 Å². The smallest absolute Gasteiger partial charge is 0.104 e. The summed E-state index contributed by atoms with van der Waals surface area (Å²) in [5, 5.41) is 15.2. The fourth-order valence-electron chi connectivity index (χ4n) is 0.659. The highest BCUT2D eigenvalue weighted by molar-refractivity contribution is 4.71. The van der Waals surface area contributed by atoms with Crippen molar-refractivity contribution in [2.24, 2.45) is 0 Å². The Balaban J connectivity index is 0.000000299. The van der Waals surface area contributed by atoms with E-state index in [0.717, 1.165) is 26.4 Å². The van der Waals surface area contributed by atoms with E-state index in [0.29, 0.717) is 12.2 Å². The number of rotatable bonds is 5. The van der Waals surface area contributed by atoms with Crippen molar-refractivity contribution in [3.63, 3.8) is 0 Å². The van der Waals surface area contributed by atoms with Crippen LogP contribution in [-0.4, -0.2) is 62.1 Å². The second-order valence-corrected chi connectivity index (χ2v) is 2.90.